The first-order chi connectivity index (χ1) is 8.49. The average molecular weight is 267 g/mol. The van der Waals surface area contributed by atoms with Crippen LogP contribution in [0.4, 0.5) is 0 Å². The summed E-state index contributed by atoms with van der Waals surface area (Å²) in [5.74, 6) is 2.11. The molecule has 1 unspecified atom stereocenters. The number of aliphatic hydroxyl groups excluding tert-OH is 1. The molecule has 0 radical (unpaired) electrons. The van der Waals surface area contributed by atoms with Crippen LogP contribution in [0.15, 0.2) is 18.2 Å². The van der Waals surface area contributed by atoms with E-state index in [-0.39, 0.29) is 12.1 Å². The van der Waals surface area contributed by atoms with Crippen molar-refractivity contribution >= 4 is 11.8 Å². The van der Waals surface area contributed by atoms with E-state index in [0.29, 0.717) is 0 Å². The van der Waals surface area contributed by atoms with Crippen LogP contribution in [0.3, 0.4) is 0 Å². The number of nitrogens with one attached hydrogen (secondary N) is 1. The third kappa shape index (κ3) is 5.01. The number of benzene rings is 1. The molecule has 1 aromatic carbocycles. The Bertz CT molecular complexity index is 355. The first-order valence-electron chi connectivity index (χ1n) is 6.44. The largest absolute Gasteiger partial charge is 0.394 e. The van der Waals surface area contributed by atoms with Gasteiger partial charge in [0, 0.05) is 11.3 Å². The molecular weight excluding hydrogens is 242 g/mol. The van der Waals surface area contributed by atoms with E-state index in [4.69, 9.17) is 0 Å². The van der Waals surface area contributed by atoms with Crippen molar-refractivity contribution in [3.63, 3.8) is 0 Å². The zero-order valence-electron chi connectivity index (χ0n) is 11.9. The summed E-state index contributed by atoms with van der Waals surface area (Å²) in [6.45, 7) is 6.54. The van der Waals surface area contributed by atoms with Crippen molar-refractivity contribution in [1.29, 1.82) is 0 Å². The molecule has 102 valence electrons. The molecule has 0 saturated heterocycles. The minimum atomic E-state index is -0.143. The zero-order chi connectivity index (χ0) is 13.6. The van der Waals surface area contributed by atoms with Crippen molar-refractivity contribution in [2.24, 2.45) is 0 Å². The molecule has 1 aromatic rings. The Kier molecular flexibility index (Phi) is 6.19. The molecule has 0 aliphatic heterocycles. The minimum absolute atomic E-state index is 0.143. The van der Waals surface area contributed by atoms with Crippen LogP contribution >= 0.6 is 11.8 Å². The molecule has 0 saturated carbocycles. The van der Waals surface area contributed by atoms with Crippen LogP contribution < -0.4 is 5.32 Å². The molecule has 0 bridgehead atoms. The fraction of sp³-hybridized carbons (Fsp3) is 0.600. The summed E-state index contributed by atoms with van der Waals surface area (Å²) in [4.78, 5) is 0. The quantitative estimate of drug-likeness (QED) is 0.745. The molecule has 2 nitrogen and oxygen atoms in total. The van der Waals surface area contributed by atoms with Crippen molar-refractivity contribution in [2.75, 3.05) is 19.4 Å². The number of rotatable bonds is 7. The number of aliphatic hydroxyl groups is 1. The molecule has 3 heteroatoms. The van der Waals surface area contributed by atoms with Crippen LogP contribution in [0.2, 0.25) is 0 Å². The monoisotopic (exact) mass is 267 g/mol. The number of aryl methyl sites for hydroxylation is 2. The Hall–Kier alpha value is -0.510. The lowest BCUT2D eigenvalue weighted by molar-refractivity contribution is 0.179. The summed E-state index contributed by atoms with van der Waals surface area (Å²) in [6, 6.07) is 6.71. The molecule has 0 fully saturated rings. The summed E-state index contributed by atoms with van der Waals surface area (Å²) in [5, 5.41) is 12.5. The fourth-order valence-corrected chi connectivity index (χ4v) is 3.06. The Morgan fingerprint density at radius 1 is 1.22 bits per heavy atom. The predicted molar refractivity (Wildman–Crippen MR) is 81.2 cm³/mol. The first kappa shape index (κ1) is 15.5. The summed E-state index contributed by atoms with van der Waals surface area (Å²) in [6.07, 6.45) is 0.982. The van der Waals surface area contributed by atoms with Gasteiger partial charge in [-0.25, -0.2) is 0 Å². The number of hydrogen-bond donors (Lipinski definition) is 2. The third-order valence-electron chi connectivity index (χ3n) is 3.30. The fourth-order valence-electron chi connectivity index (χ4n) is 1.92. The van der Waals surface area contributed by atoms with Gasteiger partial charge >= 0.3 is 0 Å². The van der Waals surface area contributed by atoms with Gasteiger partial charge in [-0.1, -0.05) is 29.3 Å². The van der Waals surface area contributed by atoms with E-state index in [1.807, 2.05) is 18.8 Å². The molecule has 1 atom stereocenters. The van der Waals surface area contributed by atoms with Gasteiger partial charge in [-0.05, 0) is 45.6 Å². The van der Waals surface area contributed by atoms with Gasteiger partial charge in [0.25, 0.3) is 0 Å². The van der Waals surface area contributed by atoms with Gasteiger partial charge in [-0.3, -0.25) is 0 Å². The number of thioether (sulfide) groups is 1. The molecule has 1 rings (SSSR count). The van der Waals surface area contributed by atoms with Crippen molar-refractivity contribution in [1.82, 2.24) is 5.32 Å². The Morgan fingerprint density at radius 2 is 1.83 bits per heavy atom. The molecule has 18 heavy (non-hydrogen) atoms. The van der Waals surface area contributed by atoms with Crippen LogP contribution in [0.5, 0.6) is 0 Å². The second-order valence-corrected chi connectivity index (χ2v) is 6.37. The zero-order valence-corrected chi connectivity index (χ0v) is 12.7. The van der Waals surface area contributed by atoms with E-state index < -0.39 is 0 Å². The van der Waals surface area contributed by atoms with Crippen LogP contribution in [-0.2, 0) is 5.75 Å². The number of hydrogen-bond acceptors (Lipinski definition) is 3. The highest BCUT2D eigenvalue weighted by atomic mass is 32.2. The Labute approximate surface area is 115 Å². The van der Waals surface area contributed by atoms with Gasteiger partial charge in [-0.2, -0.15) is 11.8 Å². The van der Waals surface area contributed by atoms with Crippen molar-refractivity contribution in [3.8, 4) is 0 Å². The molecule has 2 N–H and O–H groups in total. The topological polar surface area (TPSA) is 32.3 Å². The maximum atomic E-state index is 9.30. The van der Waals surface area contributed by atoms with Gasteiger partial charge < -0.3 is 10.4 Å². The molecule has 0 aromatic heterocycles. The SMILES string of the molecule is CNC(C)(CO)CCSCc1cc(C)cc(C)c1. The maximum absolute atomic E-state index is 9.30. The average Bonchev–Trinajstić information content (AvgIpc) is 2.33. The van der Waals surface area contributed by atoms with E-state index >= 15 is 0 Å². The molecular formula is C15H25NOS. The molecule has 0 amide bonds. The second-order valence-electron chi connectivity index (χ2n) is 5.27. The smallest absolute Gasteiger partial charge is 0.0610 e. The summed E-state index contributed by atoms with van der Waals surface area (Å²) in [5.41, 5.74) is 3.92. The van der Waals surface area contributed by atoms with Crippen LogP contribution in [0.25, 0.3) is 0 Å². The molecule has 0 spiro atoms. The summed E-state index contributed by atoms with van der Waals surface area (Å²) < 4.78 is 0. The van der Waals surface area contributed by atoms with Crippen LogP contribution in [-0.4, -0.2) is 30.1 Å². The normalized spacial score (nSPS) is 14.5. The highest BCUT2D eigenvalue weighted by Gasteiger charge is 2.19. The number of likely N-dealkylation sites (N-methyl/N-ethyl adjacent to an activating group) is 1. The lowest BCUT2D eigenvalue weighted by atomic mass is 10.0. The molecule has 0 aliphatic rings. The minimum Gasteiger partial charge on any atom is -0.394 e. The van der Waals surface area contributed by atoms with E-state index in [0.717, 1.165) is 17.9 Å². The van der Waals surface area contributed by atoms with Gasteiger partial charge in [-0.15, -0.1) is 0 Å². The Balaban J connectivity index is 2.38. The van der Waals surface area contributed by atoms with Crippen LogP contribution in [0.1, 0.15) is 30.0 Å². The van der Waals surface area contributed by atoms with Gasteiger partial charge in [0.05, 0.1) is 6.61 Å². The highest BCUT2D eigenvalue weighted by molar-refractivity contribution is 7.98. The molecule has 0 aliphatic carbocycles. The summed E-state index contributed by atoms with van der Waals surface area (Å²) >= 11 is 1.93. The van der Waals surface area contributed by atoms with E-state index in [9.17, 15) is 5.11 Å². The van der Waals surface area contributed by atoms with E-state index in [1.165, 1.54) is 16.7 Å². The van der Waals surface area contributed by atoms with Crippen molar-refractivity contribution in [3.05, 3.63) is 34.9 Å². The van der Waals surface area contributed by atoms with Crippen molar-refractivity contribution in [2.45, 2.75) is 38.5 Å². The predicted octanol–water partition coefficient (Wildman–Crippen LogP) is 2.90. The maximum Gasteiger partial charge on any atom is 0.0610 e. The first-order valence-corrected chi connectivity index (χ1v) is 7.59. The highest BCUT2D eigenvalue weighted by Crippen LogP contribution is 2.19. The molecule has 0 heterocycles. The lowest BCUT2D eigenvalue weighted by Gasteiger charge is -2.26. The Morgan fingerprint density at radius 3 is 2.33 bits per heavy atom. The standard InChI is InChI=1S/C15H25NOS/c1-12-7-13(2)9-14(8-12)10-18-6-5-15(3,11-17)16-4/h7-9,16-17H,5-6,10-11H2,1-4H3. The van der Waals surface area contributed by atoms with E-state index in [1.54, 1.807) is 0 Å². The van der Waals surface area contributed by atoms with Gasteiger partial charge in [0.2, 0.25) is 0 Å². The third-order valence-corrected chi connectivity index (χ3v) is 4.33. The van der Waals surface area contributed by atoms with E-state index in [2.05, 4.69) is 44.3 Å². The van der Waals surface area contributed by atoms with Gasteiger partial charge in [0.15, 0.2) is 0 Å². The van der Waals surface area contributed by atoms with Crippen LogP contribution in [0, 0.1) is 13.8 Å². The van der Waals surface area contributed by atoms with Crippen molar-refractivity contribution < 1.29 is 5.11 Å². The van der Waals surface area contributed by atoms with Gasteiger partial charge in [0.1, 0.15) is 0 Å². The lowest BCUT2D eigenvalue weighted by Crippen LogP contribution is -2.43. The summed E-state index contributed by atoms with van der Waals surface area (Å²) in [7, 11) is 1.91. The second kappa shape index (κ2) is 7.17.